The van der Waals surface area contributed by atoms with Crippen LogP contribution in [0.15, 0.2) is 14.7 Å². The molecule has 0 amide bonds. The van der Waals surface area contributed by atoms with Crippen LogP contribution in [0, 0.1) is 0 Å². The van der Waals surface area contributed by atoms with E-state index in [1.54, 1.807) is 6.07 Å². The predicted octanol–water partition coefficient (Wildman–Crippen LogP) is 2.19. The van der Waals surface area contributed by atoms with Crippen molar-refractivity contribution in [1.29, 1.82) is 0 Å². The molecule has 0 spiro atoms. The molecule has 1 aliphatic carbocycles. The molecule has 0 atom stereocenters. The molecule has 0 bridgehead atoms. The van der Waals surface area contributed by atoms with Crippen LogP contribution in [0.5, 0.6) is 0 Å². The largest absolute Gasteiger partial charge is 0.326 e. The van der Waals surface area contributed by atoms with E-state index in [2.05, 4.69) is 20.7 Å². The second kappa shape index (κ2) is 4.62. The Hall–Kier alpha value is 0.0500. The molecule has 96 valence electrons. The van der Waals surface area contributed by atoms with Gasteiger partial charge in [0.05, 0.1) is 3.79 Å². The number of thiophene rings is 1. The van der Waals surface area contributed by atoms with Gasteiger partial charge in [0.1, 0.15) is 4.90 Å². The zero-order valence-electron chi connectivity index (χ0n) is 9.49. The van der Waals surface area contributed by atoms with Gasteiger partial charge in [-0.05, 0) is 48.2 Å². The topological polar surface area (TPSA) is 72.2 Å². The number of hydrogen-bond acceptors (Lipinski definition) is 4. The highest BCUT2D eigenvalue weighted by Gasteiger charge is 2.37. The third kappa shape index (κ3) is 2.73. The highest BCUT2D eigenvalue weighted by molar-refractivity contribution is 9.11. The maximum Gasteiger partial charge on any atom is 0.243 e. The van der Waals surface area contributed by atoms with Gasteiger partial charge < -0.3 is 5.73 Å². The third-order valence-corrected chi connectivity index (χ3v) is 6.95. The molecular formula is C10H15BrN2O2S2. The maximum atomic E-state index is 12.2. The van der Waals surface area contributed by atoms with Gasteiger partial charge in [-0.15, -0.1) is 11.3 Å². The average Bonchev–Trinajstić information content (AvgIpc) is 2.57. The molecule has 1 aromatic rings. The van der Waals surface area contributed by atoms with E-state index >= 15 is 0 Å². The Morgan fingerprint density at radius 3 is 2.65 bits per heavy atom. The second-order valence-electron chi connectivity index (χ2n) is 4.57. The Morgan fingerprint density at radius 1 is 1.59 bits per heavy atom. The quantitative estimate of drug-likeness (QED) is 0.883. The van der Waals surface area contributed by atoms with Crippen LogP contribution >= 0.6 is 27.3 Å². The van der Waals surface area contributed by atoms with Crippen molar-refractivity contribution in [3.05, 3.63) is 14.7 Å². The highest BCUT2D eigenvalue weighted by Crippen LogP contribution is 2.36. The molecular weight excluding hydrogens is 324 g/mol. The van der Waals surface area contributed by atoms with Crippen molar-refractivity contribution in [3.63, 3.8) is 0 Å². The summed E-state index contributed by atoms with van der Waals surface area (Å²) >= 11 is 4.65. The summed E-state index contributed by atoms with van der Waals surface area (Å²) in [5.74, 6) is 0. The van der Waals surface area contributed by atoms with E-state index in [1.165, 1.54) is 11.3 Å². The number of halogens is 1. The van der Waals surface area contributed by atoms with Crippen LogP contribution in [0.3, 0.4) is 0 Å². The van der Waals surface area contributed by atoms with Crippen molar-refractivity contribution in [3.8, 4) is 0 Å². The standard InChI is InChI=1S/C10H15BrN2O2S2/c1-10(3-2-4-10)13-17(14,15)8-5-7(6-12)16-9(8)11/h5,13H,2-4,6,12H2,1H3. The molecule has 17 heavy (non-hydrogen) atoms. The van der Waals surface area contributed by atoms with Gasteiger partial charge in [-0.1, -0.05) is 0 Å². The van der Waals surface area contributed by atoms with Crippen molar-refractivity contribution >= 4 is 37.3 Å². The van der Waals surface area contributed by atoms with Crippen LogP contribution in [0.2, 0.25) is 0 Å². The van der Waals surface area contributed by atoms with Gasteiger partial charge in [0.15, 0.2) is 0 Å². The molecule has 0 aliphatic heterocycles. The van der Waals surface area contributed by atoms with E-state index < -0.39 is 10.0 Å². The SMILES string of the molecule is CC1(NS(=O)(=O)c2cc(CN)sc2Br)CCC1. The lowest BCUT2D eigenvalue weighted by Gasteiger charge is -2.38. The van der Waals surface area contributed by atoms with Gasteiger partial charge in [-0.2, -0.15) is 0 Å². The minimum atomic E-state index is -3.44. The Labute approximate surface area is 114 Å². The van der Waals surface area contributed by atoms with Gasteiger partial charge in [-0.3, -0.25) is 0 Å². The summed E-state index contributed by atoms with van der Waals surface area (Å²) in [6, 6.07) is 1.64. The monoisotopic (exact) mass is 338 g/mol. The highest BCUT2D eigenvalue weighted by atomic mass is 79.9. The first-order valence-electron chi connectivity index (χ1n) is 5.39. The minimum Gasteiger partial charge on any atom is -0.326 e. The van der Waals surface area contributed by atoms with Crippen molar-refractivity contribution < 1.29 is 8.42 Å². The number of hydrogen-bond donors (Lipinski definition) is 2. The van der Waals surface area contributed by atoms with Gasteiger partial charge >= 0.3 is 0 Å². The van der Waals surface area contributed by atoms with Crippen molar-refractivity contribution in [2.24, 2.45) is 5.73 Å². The summed E-state index contributed by atoms with van der Waals surface area (Å²) in [7, 11) is -3.44. The summed E-state index contributed by atoms with van der Waals surface area (Å²) in [6.07, 6.45) is 2.88. The maximum absolute atomic E-state index is 12.2. The Bertz CT molecular complexity index is 520. The van der Waals surface area contributed by atoms with Crippen molar-refractivity contribution in [2.75, 3.05) is 0 Å². The Morgan fingerprint density at radius 2 is 2.24 bits per heavy atom. The fourth-order valence-corrected chi connectivity index (χ4v) is 5.90. The Kier molecular flexibility index (Phi) is 3.66. The lowest BCUT2D eigenvalue weighted by Crippen LogP contribution is -2.50. The second-order valence-corrected chi connectivity index (χ2v) is 8.68. The number of nitrogens with two attached hydrogens (primary N) is 1. The number of nitrogens with one attached hydrogen (secondary N) is 1. The average molecular weight is 339 g/mol. The molecule has 0 aromatic carbocycles. The third-order valence-electron chi connectivity index (χ3n) is 3.04. The molecule has 1 aromatic heterocycles. The molecule has 0 radical (unpaired) electrons. The minimum absolute atomic E-state index is 0.275. The first-order valence-corrected chi connectivity index (χ1v) is 8.48. The number of rotatable bonds is 4. The van der Waals surface area contributed by atoms with Crippen LogP contribution in [-0.4, -0.2) is 14.0 Å². The van der Waals surface area contributed by atoms with Gasteiger partial charge in [0.25, 0.3) is 0 Å². The summed E-state index contributed by atoms with van der Waals surface area (Å²) in [5, 5.41) is 0. The molecule has 1 fully saturated rings. The summed E-state index contributed by atoms with van der Waals surface area (Å²) in [5.41, 5.74) is 5.24. The molecule has 0 unspecified atom stereocenters. The summed E-state index contributed by atoms with van der Waals surface area (Å²) < 4.78 is 27.8. The molecule has 4 nitrogen and oxygen atoms in total. The summed E-state index contributed by atoms with van der Waals surface area (Å²) in [6.45, 7) is 2.30. The predicted molar refractivity (Wildman–Crippen MR) is 72.5 cm³/mol. The molecule has 2 rings (SSSR count). The molecule has 1 heterocycles. The van der Waals surface area contributed by atoms with E-state index in [0.29, 0.717) is 15.2 Å². The zero-order valence-corrected chi connectivity index (χ0v) is 12.7. The summed E-state index contributed by atoms with van der Waals surface area (Å²) in [4.78, 5) is 1.16. The van der Waals surface area contributed by atoms with E-state index in [0.717, 1.165) is 24.1 Å². The lowest BCUT2D eigenvalue weighted by atomic mass is 9.80. The van der Waals surface area contributed by atoms with Gasteiger partial charge in [0.2, 0.25) is 10.0 Å². The fourth-order valence-electron chi connectivity index (χ4n) is 1.87. The van der Waals surface area contributed by atoms with E-state index in [4.69, 9.17) is 5.73 Å². The molecule has 3 N–H and O–H groups in total. The lowest BCUT2D eigenvalue weighted by molar-refractivity contribution is 0.248. The Balaban J connectivity index is 2.27. The van der Waals surface area contributed by atoms with Crippen molar-refractivity contribution in [1.82, 2.24) is 4.72 Å². The van der Waals surface area contributed by atoms with E-state index in [1.807, 2.05) is 6.92 Å². The van der Waals surface area contributed by atoms with Crippen molar-refractivity contribution in [2.45, 2.75) is 43.2 Å². The number of sulfonamides is 1. The van der Waals surface area contributed by atoms with Crippen LogP contribution in [0.25, 0.3) is 0 Å². The van der Waals surface area contributed by atoms with Gasteiger partial charge in [0, 0.05) is 17.0 Å². The smallest absolute Gasteiger partial charge is 0.243 e. The zero-order chi connectivity index (χ0) is 12.7. The molecule has 0 saturated heterocycles. The fraction of sp³-hybridized carbons (Fsp3) is 0.600. The van der Waals surface area contributed by atoms with Gasteiger partial charge in [-0.25, -0.2) is 13.1 Å². The molecule has 1 aliphatic rings. The van der Waals surface area contributed by atoms with Crippen LogP contribution in [-0.2, 0) is 16.6 Å². The van der Waals surface area contributed by atoms with E-state index in [9.17, 15) is 8.42 Å². The van der Waals surface area contributed by atoms with Crippen LogP contribution in [0.4, 0.5) is 0 Å². The van der Waals surface area contributed by atoms with E-state index in [-0.39, 0.29) is 5.54 Å². The first kappa shape index (κ1) is 13.5. The van der Waals surface area contributed by atoms with Crippen LogP contribution in [0.1, 0.15) is 31.1 Å². The first-order chi connectivity index (χ1) is 7.86. The normalized spacial score (nSPS) is 19.0. The van der Waals surface area contributed by atoms with Crippen LogP contribution < -0.4 is 10.5 Å². The molecule has 7 heteroatoms. The molecule has 1 saturated carbocycles.